The summed E-state index contributed by atoms with van der Waals surface area (Å²) in [6.07, 6.45) is 3.71. The van der Waals surface area contributed by atoms with Crippen molar-refractivity contribution in [2.45, 2.75) is 51.7 Å². The maximum absolute atomic E-state index is 11.3. The molecule has 4 N–H and O–H groups in total. The summed E-state index contributed by atoms with van der Waals surface area (Å²) in [5.74, 6) is -0.144. The van der Waals surface area contributed by atoms with Crippen LogP contribution >= 0.6 is 0 Å². The Balaban J connectivity index is 2.44. The van der Waals surface area contributed by atoms with Crippen LogP contribution in [-0.2, 0) is 4.79 Å². The van der Waals surface area contributed by atoms with E-state index in [1.807, 2.05) is 6.92 Å². The number of hydrogen-bond donors (Lipinski definition) is 3. The summed E-state index contributed by atoms with van der Waals surface area (Å²) < 4.78 is 0. The molecule has 1 fully saturated rings. The fourth-order valence-corrected chi connectivity index (χ4v) is 2.04. The van der Waals surface area contributed by atoms with Crippen LogP contribution in [0, 0.1) is 5.41 Å². The number of nitrogens with one attached hydrogen (secondary N) is 1. The molecule has 4 heteroatoms. The van der Waals surface area contributed by atoms with Crippen LogP contribution in [0.15, 0.2) is 0 Å². The lowest BCUT2D eigenvalue weighted by Crippen LogP contribution is -2.48. The number of rotatable bonds is 3. The van der Waals surface area contributed by atoms with Crippen molar-refractivity contribution in [3.8, 4) is 0 Å². The minimum atomic E-state index is -0.477. The minimum Gasteiger partial charge on any atom is -0.392 e. The Hall–Kier alpha value is -0.610. The van der Waals surface area contributed by atoms with Gasteiger partial charge in [0.2, 0.25) is 5.91 Å². The molecule has 1 aliphatic rings. The van der Waals surface area contributed by atoms with Crippen LogP contribution in [0.2, 0.25) is 0 Å². The highest BCUT2D eigenvalue weighted by Gasteiger charge is 2.35. The zero-order chi connectivity index (χ0) is 11.5. The predicted molar refractivity (Wildman–Crippen MR) is 59.2 cm³/mol. The molecule has 3 atom stereocenters. The zero-order valence-electron chi connectivity index (χ0n) is 9.62. The van der Waals surface area contributed by atoms with Crippen molar-refractivity contribution in [1.82, 2.24) is 5.32 Å². The van der Waals surface area contributed by atoms with Gasteiger partial charge in [-0.25, -0.2) is 0 Å². The molecule has 15 heavy (non-hydrogen) atoms. The third-order valence-corrected chi connectivity index (χ3v) is 3.36. The van der Waals surface area contributed by atoms with Gasteiger partial charge < -0.3 is 16.2 Å². The van der Waals surface area contributed by atoms with Gasteiger partial charge in [0.1, 0.15) is 0 Å². The highest BCUT2D eigenvalue weighted by atomic mass is 16.3. The van der Waals surface area contributed by atoms with Crippen molar-refractivity contribution in [3.63, 3.8) is 0 Å². The molecule has 0 radical (unpaired) electrons. The molecular formula is C11H22N2O2. The first-order chi connectivity index (χ1) is 6.96. The number of hydrogen-bond acceptors (Lipinski definition) is 3. The van der Waals surface area contributed by atoms with E-state index in [0.29, 0.717) is 6.54 Å². The largest absolute Gasteiger partial charge is 0.392 e. The average molecular weight is 214 g/mol. The molecule has 1 amide bonds. The summed E-state index contributed by atoms with van der Waals surface area (Å²) in [6.45, 7) is 4.21. The molecule has 0 spiro atoms. The molecule has 3 unspecified atom stereocenters. The van der Waals surface area contributed by atoms with Gasteiger partial charge in [-0.05, 0) is 19.8 Å². The lowest BCUT2D eigenvalue weighted by molar-refractivity contribution is -0.123. The van der Waals surface area contributed by atoms with Gasteiger partial charge in [0.25, 0.3) is 0 Å². The molecule has 0 bridgehead atoms. The van der Waals surface area contributed by atoms with Crippen LogP contribution in [0.1, 0.15) is 39.5 Å². The van der Waals surface area contributed by atoms with Crippen molar-refractivity contribution in [1.29, 1.82) is 0 Å². The topological polar surface area (TPSA) is 75.4 Å². The number of nitrogens with two attached hydrogens (primary N) is 1. The Morgan fingerprint density at radius 3 is 2.87 bits per heavy atom. The number of aliphatic hydroxyl groups excluding tert-OH is 1. The highest BCUT2D eigenvalue weighted by Crippen LogP contribution is 2.35. The second-order valence-corrected chi connectivity index (χ2v) is 4.92. The second kappa shape index (κ2) is 4.94. The quantitative estimate of drug-likeness (QED) is 0.636. The van der Waals surface area contributed by atoms with Crippen molar-refractivity contribution in [3.05, 3.63) is 0 Å². The predicted octanol–water partition coefficient (Wildman–Crippen LogP) is 0.391. The van der Waals surface area contributed by atoms with Crippen LogP contribution in [0.4, 0.5) is 0 Å². The number of amides is 1. The third-order valence-electron chi connectivity index (χ3n) is 3.36. The van der Waals surface area contributed by atoms with E-state index in [-0.39, 0.29) is 17.4 Å². The molecule has 0 saturated heterocycles. The van der Waals surface area contributed by atoms with Crippen LogP contribution in [-0.4, -0.2) is 29.7 Å². The van der Waals surface area contributed by atoms with Crippen LogP contribution in [0.25, 0.3) is 0 Å². The second-order valence-electron chi connectivity index (χ2n) is 4.92. The van der Waals surface area contributed by atoms with Gasteiger partial charge in [0.05, 0.1) is 12.1 Å². The Kier molecular flexibility index (Phi) is 4.11. The summed E-state index contributed by atoms with van der Waals surface area (Å²) in [7, 11) is 0. The zero-order valence-corrected chi connectivity index (χ0v) is 9.62. The van der Waals surface area contributed by atoms with Gasteiger partial charge in [-0.1, -0.05) is 19.8 Å². The average Bonchev–Trinajstić information content (AvgIpc) is 2.19. The van der Waals surface area contributed by atoms with Crippen molar-refractivity contribution in [2.75, 3.05) is 6.54 Å². The van der Waals surface area contributed by atoms with Gasteiger partial charge in [-0.15, -0.1) is 0 Å². The Bertz CT molecular complexity index is 231. The highest BCUT2D eigenvalue weighted by molar-refractivity contribution is 5.80. The van der Waals surface area contributed by atoms with Crippen LogP contribution in [0.3, 0.4) is 0 Å². The first-order valence-electron chi connectivity index (χ1n) is 5.67. The van der Waals surface area contributed by atoms with E-state index in [2.05, 4.69) is 5.32 Å². The molecule has 0 aromatic heterocycles. The monoisotopic (exact) mass is 214 g/mol. The smallest absolute Gasteiger partial charge is 0.236 e. The summed E-state index contributed by atoms with van der Waals surface area (Å²) in [4.78, 5) is 11.3. The molecule has 0 aromatic carbocycles. The van der Waals surface area contributed by atoms with E-state index in [1.165, 1.54) is 0 Å². The molecule has 1 saturated carbocycles. The number of carbonyl (C=O) groups is 1. The van der Waals surface area contributed by atoms with Gasteiger partial charge in [0, 0.05) is 12.0 Å². The first-order valence-corrected chi connectivity index (χ1v) is 5.67. The third kappa shape index (κ3) is 3.18. The van der Waals surface area contributed by atoms with Crippen molar-refractivity contribution >= 4 is 5.91 Å². The maximum atomic E-state index is 11.3. The van der Waals surface area contributed by atoms with Crippen molar-refractivity contribution < 1.29 is 9.90 Å². The molecule has 1 rings (SSSR count). The number of carbonyl (C=O) groups excluding carboxylic acids is 1. The molecule has 88 valence electrons. The van der Waals surface area contributed by atoms with Gasteiger partial charge in [-0.3, -0.25) is 4.79 Å². The van der Waals surface area contributed by atoms with Gasteiger partial charge in [-0.2, -0.15) is 0 Å². The summed E-state index contributed by atoms with van der Waals surface area (Å²) in [5, 5.41) is 12.7. The Morgan fingerprint density at radius 2 is 2.33 bits per heavy atom. The van der Waals surface area contributed by atoms with Gasteiger partial charge >= 0.3 is 0 Å². The van der Waals surface area contributed by atoms with E-state index in [4.69, 9.17) is 5.73 Å². The Morgan fingerprint density at radius 1 is 1.67 bits per heavy atom. The fraction of sp³-hybridized carbons (Fsp3) is 0.909. The van der Waals surface area contributed by atoms with Crippen molar-refractivity contribution in [2.24, 2.45) is 11.1 Å². The molecule has 0 aliphatic heterocycles. The summed E-state index contributed by atoms with van der Waals surface area (Å²) >= 11 is 0. The lowest BCUT2D eigenvalue weighted by Gasteiger charge is -2.38. The van der Waals surface area contributed by atoms with E-state index >= 15 is 0 Å². The first kappa shape index (κ1) is 12.5. The van der Waals surface area contributed by atoms with Gasteiger partial charge in [0.15, 0.2) is 0 Å². The standard InChI is InChI=1S/C11H22N2O2/c1-8(12)10(15)13-7-11(2)6-4-3-5-9(11)14/h8-9,14H,3-7,12H2,1-2H3,(H,13,15). The number of aliphatic hydroxyl groups is 1. The molecule has 1 aliphatic carbocycles. The molecule has 0 aromatic rings. The van der Waals surface area contributed by atoms with Crippen LogP contribution in [0.5, 0.6) is 0 Å². The maximum Gasteiger partial charge on any atom is 0.236 e. The lowest BCUT2D eigenvalue weighted by atomic mass is 9.73. The van der Waals surface area contributed by atoms with Crippen LogP contribution < -0.4 is 11.1 Å². The normalized spacial score (nSPS) is 33.5. The SMILES string of the molecule is CC(N)C(=O)NCC1(C)CCCCC1O. The molecular weight excluding hydrogens is 192 g/mol. The van der Waals surface area contributed by atoms with E-state index in [1.54, 1.807) is 6.92 Å². The summed E-state index contributed by atoms with van der Waals surface area (Å²) in [6, 6.07) is -0.477. The fourth-order valence-electron chi connectivity index (χ4n) is 2.04. The minimum absolute atomic E-state index is 0.144. The summed E-state index contributed by atoms with van der Waals surface area (Å²) in [5.41, 5.74) is 5.28. The van der Waals surface area contributed by atoms with E-state index in [0.717, 1.165) is 25.7 Å². The van der Waals surface area contributed by atoms with E-state index < -0.39 is 6.04 Å². The molecule has 4 nitrogen and oxygen atoms in total. The molecule has 0 heterocycles. The Labute approximate surface area is 91.2 Å². The van der Waals surface area contributed by atoms with E-state index in [9.17, 15) is 9.90 Å².